The van der Waals surface area contributed by atoms with Gasteiger partial charge in [0.05, 0.1) is 13.7 Å². The molecular weight excluding hydrogens is 374 g/mol. The van der Waals surface area contributed by atoms with Gasteiger partial charge in [0.25, 0.3) is 0 Å². The summed E-state index contributed by atoms with van der Waals surface area (Å²) < 4.78 is 5.32. The van der Waals surface area contributed by atoms with Crippen LogP contribution in [0.5, 0.6) is 5.75 Å². The highest BCUT2D eigenvalue weighted by atomic mass is 32.1. The topological polar surface area (TPSA) is 27.7 Å². The van der Waals surface area contributed by atoms with Gasteiger partial charge in [-0.2, -0.15) is 0 Å². The number of hydrogen-bond donors (Lipinski definition) is 1. The average Bonchev–Trinajstić information content (AvgIpc) is 3.06. The number of nitrogens with zero attached hydrogens (tertiary/aromatic N) is 2. The minimum atomic E-state index is 0.770. The fourth-order valence-corrected chi connectivity index (χ4v) is 4.36. The quantitative estimate of drug-likeness (QED) is 0.668. The molecular formula is C21H29N3OS2. The summed E-state index contributed by atoms with van der Waals surface area (Å²) in [7, 11) is 1.68. The van der Waals surface area contributed by atoms with E-state index in [0.29, 0.717) is 0 Å². The Hall–Kier alpha value is -1.63. The predicted octanol–water partition coefficient (Wildman–Crippen LogP) is 4.83. The Kier molecular flexibility index (Phi) is 7.93. The molecule has 1 aromatic heterocycles. The van der Waals surface area contributed by atoms with E-state index in [0.717, 1.165) is 36.2 Å². The van der Waals surface area contributed by atoms with E-state index in [1.165, 1.54) is 43.6 Å². The van der Waals surface area contributed by atoms with Crippen molar-refractivity contribution in [2.24, 2.45) is 0 Å². The Bertz CT molecular complexity index is 697. The first-order valence-electron chi connectivity index (χ1n) is 9.69. The van der Waals surface area contributed by atoms with Gasteiger partial charge in [-0.25, -0.2) is 0 Å². The zero-order valence-electron chi connectivity index (χ0n) is 16.0. The number of thiocarbonyl (C=S) groups is 1. The molecule has 1 aromatic carbocycles. The zero-order valence-corrected chi connectivity index (χ0v) is 17.7. The van der Waals surface area contributed by atoms with Crippen LogP contribution in [0.1, 0.15) is 30.6 Å². The molecule has 1 fully saturated rings. The van der Waals surface area contributed by atoms with E-state index >= 15 is 0 Å². The molecule has 2 aromatic rings. The van der Waals surface area contributed by atoms with E-state index in [4.69, 9.17) is 17.0 Å². The second kappa shape index (κ2) is 10.6. The van der Waals surface area contributed by atoms with Crippen molar-refractivity contribution >= 4 is 34.4 Å². The second-order valence-electron chi connectivity index (χ2n) is 6.92. The number of ether oxygens (including phenoxy) is 1. The summed E-state index contributed by atoms with van der Waals surface area (Å²) in [5.74, 6) is 0.831. The van der Waals surface area contributed by atoms with E-state index in [1.54, 1.807) is 18.4 Å². The van der Waals surface area contributed by atoms with Crippen LogP contribution in [0.3, 0.4) is 0 Å². The largest absolute Gasteiger partial charge is 0.497 e. The normalized spacial score (nSPS) is 15.1. The Morgan fingerprint density at radius 3 is 2.70 bits per heavy atom. The highest BCUT2D eigenvalue weighted by Gasteiger charge is 2.15. The van der Waals surface area contributed by atoms with Crippen LogP contribution in [0.4, 0.5) is 5.69 Å². The molecule has 1 aliphatic heterocycles. The Labute approximate surface area is 172 Å². The maximum Gasteiger partial charge on any atom is 0.173 e. The average molecular weight is 404 g/mol. The van der Waals surface area contributed by atoms with Crippen molar-refractivity contribution in [1.29, 1.82) is 0 Å². The number of thiophene rings is 1. The minimum Gasteiger partial charge on any atom is -0.497 e. The van der Waals surface area contributed by atoms with Crippen molar-refractivity contribution in [3.63, 3.8) is 0 Å². The lowest BCUT2D eigenvalue weighted by molar-refractivity contribution is 0.253. The number of likely N-dealkylation sites (tertiary alicyclic amines) is 1. The fraction of sp³-hybridized carbons (Fsp3) is 0.476. The van der Waals surface area contributed by atoms with E-state index in [9.17, 15) is 0 Å². The van der Waals surface area contributed by atoms with Crippen molar-refractivity contribution in [3.8, 4) is 5.75 Å². The van der Waals surface area contributed by atoms with Gasteiger partial charge in [-0.3, -0.25) is 0 Å². The standard InChI is InChI=1S/C21H29N3OS2/c1-25-19-9-6-8-18(16-19)22-21(26)24(17-20-10-7-15-27-20)14-13-23-11-4-2-3-5-12-23/h6-10,15-16H,2-5,11-14,17H2,1H3,(H,22,26). The van der Waals surface area contributed by atoms with Crippen LogP contribution in [-0.4, -0.2) is 48.2 Å². The lowest BCUT2D eigenvalue weighted by atomic mass is 10.2. The van der Waals surface area contributed by atoms with Gasteiger partial charge in [0.2, 0.25) is 0 Å². The number of benzene rings is 1. The number of anilines is 1. The van der Waals surface area contributed by atoms with Gasteiger partial charge >= 0.3 is 0 Å². The number of nitrogens with one attached hydrogen (secondary N) is 1. The first-order chi connectivity index (χ1) is 13.2. The van der Waals surface area contributed by atoms with Gasteiger partial charge in [-0.05, 0) is 61.7 Å². The molecule has 0 bridgehead atoms. The molecule has 0 unspecified atom stereocenters. The van der Waals surface area contributed by atoms with Gasteiger partial charge in [0.15, 0.2) is 5.11 Å². The SMILES string of the molecule is COc1cccc(NC(=S)N(CCN2CCCCCC2)Cc2cccs2)c1. The highest BCUT2D eigenvalue weighted by molar-refractivity contribution is 7.80. The van der Waals surface area contributed by atoms with Crippen molar-refractivity contribution in [2.75, 3.05) is 38.6 Å². The molecule has 0 atom stereocenters. The van der Waals surface area contributed by atoms with E-state index < -0.39 is 0 Å². The number of methoxy groups -OCH3 is 1. The van der Waals surface area contributed by atoms with Crippen LogP contribution < -0.4 is 10.1 Å². The van der Waals surface area contributed by atoms with Gasteiger partial charge in [-0.1, -0.05) is 25.0 Å². The van der Waals surface area contributed by atoms with E-state index in [2.05, 4.69) is 32.6 Å². The summed E-state index contributed by atoms with van der Waals surface area (Å²) in [4.78, 5) is 6.20. The maximum atomic E-state index is 5.76. The van der Waals surface area contributed by atoms with Crippen molar-refractivity contribution in [1.82, 2.24) is 9.80 Å². The number of rotatable bonds is 7. The molecule has 146 valence electrons. The van der Waals surface area contributed by atoms with Crippen LogP contribution >= 0.6 is 23.6 Å². The molecule has 0 amide bonds. The van der Waals surface area contributed by atoms with Crippen molar-refractivity contribution < 1.29 is 4.74 Å². The molecule has 1 saturated heterocycles. The maximum absolute atomic E-state index is 5.76. The monoisotopic (exact) mass is 403 g/mol. The zero-order chi connectivity index (χ0) is 18.9. The van der Waals surface area contributed by atoms with Gasteiger partial charge in [-0.15, -0.1) is 11.3 Å². The number of hydrogen-bond acceptors (Lipinski definition) is 4. The summed E-state index contributed by atoms with van der Waals surface area (Å²) in [6, 6.07) is 12.2. The molecule has 1 N–H and O–H groups in total. The molecule has 0 aliphatic carbocycles. The molecule has 0 radical (unpaired) electrons. The lowest BCUT2D eigenvalue weighted by Crippen LogP contribution is -2.40. The van der Waals surface area contributed by atoms with Crippen molar-refractivity contribution in [2.45, 2.75) is 32.2 Å². The Balaban J connectivity index is 1.63. The summed E-state index contributed by atoms with van der Waals surface area (Å²) in [5.41, 5.74) is 0.963. The van der Waals surface area contributed by atoms with Crippen LogP contribution in [0.25, 0.3) is 0 Å². The summed E-state index contributed by atoms with van der Waals surface area (Å²) >= 11 is 7.55. The Morgan fingerprint density at radius 2 is 2.00 bits per heavy atom. The third-order valence-corrected chi connectivity index (χ3v) is 6.14. The van der Waals surface area contributed by atoms with Crippen molar-refractivity contribution in [3.05, 3.63) is 46.7 Å². The lowest BCUT2D eigenvalue weighted by Gasteiger charge is -2.29. The van der Waals surface area contributed by atoms with E-state index in [-0.39, 0.29) is 0 Å². The summed E-state index contributed by atoms with van der Waals surface area (Å²) in [6.07, 6.45) is 5.37. The fourth-order valence-electron chi connectivity index (χ4n) is 3.37. The molecule has 27 heavy (non-hydrogen) atoms. The van der Waals surface area contributed by atoms with Gasteiger partial charge in [0.1, 0.15) is 5.75 Å². The van der Waals surface area contributed by atoms with Gasteiger partial charge in [0, 0.05) is 29.7 Å². The van der Waals surface area contributed by atoms with Crippen LogP contribution in [0, 0.1) is 0 Å². The highest BCUT2D eigenvalue weighted by Crippen LogP contribution is 2.19. The van der Waals surface area contributed by atoms with Crippen LogP contribution in [0.2, 0.25) is 0 Å². The van der Waals surface area contributed by atoms with E-state index in [1.807, 2.05) is 24.3 Å². The van der Waals surface area contributed by atoms with Gasteiger partial charge < -0.3 is 19.9 Å². The third-order valence-electron chi connectivity index (χ3n) is 4.92. The predicted molar refractivity (Wildman–Crippen MR) is 119 cm³/mol. The first kappa shape index (κ1) is 20.1. The second-order valence-corrected chi connectivity index (χ2v) is 8.34. The minimum absolute atomic E-state index is 0.770. The van der Waals surface area contributed by atoms with Crippen LogP contribution in [-0.2, 0) is 6.54 Å². The first-order valence-corrected chi connectivity index (χ1v) is 11.0. The molecule has 3 rings (SSSR count). The Morgan fingerprint density at radius 1 is 1.19 bits per heavy atom. The molecule has 2 heterocycles. The molecule has 6 heteroatoms. The molecule has 4 nitrogen and oxygen atoms in total. The summed E-state index contributed by atoms with van der Waals surface area (Å²) in [6.45, 7) is 5.27. The van der Waals surface area contributed by atoms with Crippen LogP contribution in [0.15, 0.2) is 41.8 Å². The molecule has 0 saturated carbocycles. The smallest absolute Gasteiger partial charge is 0.173 e. The third kappa shape index (κ3) is 6.48. The molecule has 1 aliphatic rings. The molecule has 0 spiro atoms. The summed E-state index contributed by atoms with van der Waals surface area (Å²) in [5, 5.41) is 6.29.